The lowest BCUT2D eigenvalue weighted by Crippen LogP contribution is -2.40. The minimum atomic E-state index is -0.617. The number of amides is 1. The molecule has 1 rings (SSSR count). The van der Waals surface area contributed by atoms with E-state index in [0.29, 0.717) is 42.8 Å². The number of benzene rings is 1. The summed E-state index contributed by atoms with van der Waals surface area (Å²) in [5.74, 6) is 2.13. The maximum Gasteiger partial charge on any atom is 0.227 e. The van der Waals surface area contributed by atoms with Crippen LogP contribution in [0.4, 0.5) is 5.69 Å². The van der Waals surface area contributed by atoms with Gasteiger partial charge in [0.25, 0.3) is 0 Å². The normalized spacial score (nSPS) is 11.2. The van der Waals surface area contributed by atoms with E-state index < -0.39 is 5.41 Å². The molecule has 1 aromatic rings. The fourth-order valence-electron chi connectivity index (χ4n) is 2.35. The fraction of sp³-hybridized carbons (Fsp3) is 0.579. The Morgan fingerprint density at radius 3 is 1.96 bits per heavy atom. The highest BCUT2D eigenvalue weighted by molar-refractivity contribution is 14.0. The Balaban J connectivity index is 0.00000729. The molecule has 0 atom stereocenters. The van der Waals surface area contributed by atoms with Crippen molar-refractivity contribution in [3.05, 3.63) is 12.1 Å². The first-order valence-electron chi connectivity index (χ1n) is 8.96. The summed E-state index contributed by atoms with van der Waals surface area (Å²) in [5, 5.41) is 9.23. The van der Waals surface area contributed by atoms with Crippen LogP contribution < -0.4 is 30.2 Å². The maximum absolute atomic E-state index is 12.2. The zero-order chi connectivity index (χ0) is 20.4. The molecule has 1 aromatic carbocycles. The molecule has 0 unspecified atom stereocenters. The van der Waals surface area contributed by atoms with Crippen LogP contribution in [0.2, 0.25) is 0 Å². The molecule has 0 fully saturated rings. The minimum Gasteiger partial charge on any atom is -0.493 e. The fourth-order valence-corrected chi connectivity index (χ4v) is 2.35. The van der Waals surface area contributed by atoms with Crippen molar-refractivity contribution in [3.8, 4) is 17.2 Å². The molecule has 0 bridgehead atoms. The number of rotatable bonds is 9. The monoisotopic (exact) mass is 508 g/mol. The minimum absolute atomic E-state index is 0. The predicted molar refractivity (Wildman–Crippen MR) is 124 cm³/mol. The third-order valence-electron chi connectivity index (χ3n) is 3.86. The van der Waals surface area contributed by atoms with Gasteiger partial charge in [0.2, 0.25) is 11.7 Å². The Kier molecular flexibility index (Phi) is 11.7. The van der Waals surface area contributed by atoms with Crippen molar-refractivity contribution in [3.63, 3.8) is 0 Å². The molecule has 8 nitrogen and oxygen atoms in total. The van der Waals surface area contributed by atoms with E-state index in [9.17, 15) is 4.79 Å². The standard InChI is InChI=1S/C19H32N4O4.HI/c1-8-20-17(24)19(3,4)12-22-18(21-9-2)23-13-10-14(25-5)16(27-7)15(11-13)26-6;/h10-11H,8-9,12H2,1-7H3,(H,20,24)(H2,21,22,23);1H. The van der Waals surface area contributed by atoms with Gasteiger partial charge in [0.15, 0.2) is 17.5 Å². The quantitative estimate of drug-likeness (QED) is 0.270. The lowest BCUT2D eigenvalue weighted by Gasteiger charge is -2.22. The number of nitrogens with one attached hydrogen (secondary N) is 3. The van der Waals surface area contributed by atoms with Crippen molar-refractivity contribution >= 4 is 41.5 Å². The molecule has 0 spiro atoms. The van der Waals surface area contributed by atoms with Crippen LogP contribution in [0.3, 0.4) is 0 Å². The number of hydrogen-bond donors (Lipinski definition) is 3. The molecular weight excluding hydrogens is 475 g/mol. The summed E-state index contributed by atoms with van der Waals surface area (Å²) in [6, 6.07) is 3.59. The van der Waals surface area contributed by atoms with Crippen molar-refractivity contribution in [2.75, 3.05) is 46.3 Å². The van der Waals surface area contributed by atoms with E-state index in [0.717, 1.165) is 5.69 Å². The molecule has 0 aromatic heterocycles. The molecule has 0 saturated carbocycles. The Labute approximate surface area is 184 Å². The molecule has 1 amide bonds. The van der Waals surface area contributed by atoms with Crippen LogP contribution in [0.1, 0.15) is 27.7 Å². The summed E-state index contributed by atoms with van der Waals surface area (Å²) >= 11 is 0. The number of halogens is 1. The molecule has 0 heterocycles. The lowest BCUT2D eigenvalue weighted by atomic mass is 9.92. The van der Waals surface area contributed by atoms with E-state index in [1.54, 1.807) is 33.5 Å². The molecule has 3 N–H and O–H groups in total. The molecule has 0 radical (unpaired) electrons. The SMILES string of the molecule is CCNC(=O)C(C)(C)CN=C(NCC)Nc1cc(OC)c(OC)c(OC)c1.I. The van der Waals surface area contributed by atoms with Crippen molar-refractivity contribution in [2.24, 2.45) is 10.4 Å². The summed E-state index contributed by atoms with van der Waals surface area (Å²) in [4.78, 5) is 16.7. The van der Waals surface area contributed by atoms with Gasteiger partial charge in [-0.05, 0) is 27.7 Å². The molecule has 0 aliphatic carbocycles. The van der Waals surface area contributed by atoms with E-state index in [2.05, 4.69) is 20.9 Å². The first kappa shape index (κ1) is 26.1. The predicted octanol–water partition coefficient (Wildman–Crippen LogP) is 2.87. The van der Waals surface area contributed by atoms with Crippen LogP contribution in [0.15, 0.2) is 17.1 Å². The molecule has 160 valence electrons. The molecule has 9 heteroatoms. The number of hydrogen-bond acceptors (Lipinski definition) is 5. The van der Waals surface area contributed by atoms with E-state index in [-0.39, 0.29) is 29.9 Å². The van der Waals surface area contributed by atoms with Crippen molar-refractivity contribution < 1.29 is 19.0 Å². The average molecular weight is 508 g/mol. The summed E-state index contributed by atoms with van der Waals surface area (Å²) in [6.45, 7) is 9.20. The maximum atomic E-state index is 12.2. The van der Waals surface area contributed by atoms with Crippen molar-refractivity contribution in [1.82, 2.24) is 10.6 Å². The zero-order valence-corrected chi connectivity index (χ0v) is 20.1. The van der Waals surface area contributed by atoms with Gasteiger partial charge in [-0.2, -0.15) is 0 Å². The Hall–Kier alpha value is -1.91. The van der Waals surface area contributed by atoms with E-state index in [4.69, 9.17) is 14.2 Å². The second-order valence-corrected chi connectivity index (χ2v) is 6.48. The number of methoxy groups -OCH3 is 3. The smallest absolute Gasteiger partial charge is 0.227 e. The first-order chi connectivity index (χ1) is 12.8. The average Bonchev–Trinajstić information content (AvgIpc) is 2.65. The zero-order valence-electron chi connectivity index (χ0n) is 17.8. The Morgan fingerprint density at radius 1 is 1.00 bits per heavy atom. The highest BCUT2D eigenvalue weighted by Crippen LogP contribution is 2.39. The second-order valence-electron chi connectivity index (χ2n) is 6.48. The van der Waals surface area contributed by atoms with Gasteiger partial charge < -0.3 is 30.2 Å². The molecule has 0 aliphatic rings. The number of carbonyl (C=O) groups is 1. The van der Waals surface area contributed by atoms with Crippen LogP contribution in [0.25, 0.3) is 0 Å². The molecule has 28 heavy (non-hydrogen) atoms. The van der Waals surface area contributed by atoms with Crippen LogP contribution in [0, 0.1) is 5.41 Å². The Morgan fingerprint density at radius 2 is 1.54 bits per heavy atom. The van der Waals surface area contributed by atoms with Gasteiger partial charge in [-0.15, -0.1) is 24.0 Å². The van der Waals surface area contributed by atoms with Gasteiger partial charge in [0, 0.05) is 30.9 Å². The third kappa shape index (κ3) is 7.25. The summed E-state index contributed by atoms with van der Waals surface area (Å²) in [6.07, 6.45) is 0. The molecule has 0 saturated heterocycles. The number of anilines is 1. The second kappa shape index (κ2) is 12.5. The van der Waals surface area contributed by atoms with Crippen LogP contribution in [-0.2, 0) is 4.79 Å². The summed E-state index contributed by atoms with van der Waals surface area (Å²) in [5.41, 5.74) is 0.105. The van der Waals surface area contributed by atoms with Gasteiger partial charge in [-0.25, -0.2) is 0 Å². The number of guanidine groups is 1. The van der Waals surface area contributed by atoms with Crippen LogP contribution in [-0.4, -0.2) is 52.8 Å². The van der Waals surface area contributed by atoms with Gasteiger partial charge in [-0.1, -0.05) is 0 Å². The van der Waals surface area contributed by atoms with Crippen molar-refractivity contribution in [2.45, 2.75) is 27.7 Å². The van der Waals surface area contributed by atoms with E-state index in [1.165, 1.54) is 0 Å². The van der Waals surface area contributed by atoms with Gasteiger partial charge in [0.05, 0.1) is 33.3 Å². The summed E-state index contributed by atoms with van der Waals surface area (Å²) < 4.78 is 16.1. The van der Waals surface area contributed by atoms with Crippen molar-refractivity contribution in [1.29, 1.82) is 0 Å². The van der Waals surface area contributed by atoms with Gasteiger partial charge in [-0.3, -0.25) is 9.79 Å². The highest BCUT2D eigenvalue weighted by atomic mass is 127. The van der Waals surface area contributed by atoms with E-state index in [1.807, 2.05) is 27.7 Å². The summed E-state index contributed by atoms with van der Waals surface area (Å²) in [7, 11) is 4.69. The Bertz CT molecular complexity index is 640. The first-order valence-corrected chi connectivity index (χ1v) is 8.96. The van der Waals surface area contributed by atoms with E-state index >= 15 is 0 Å². The molecular formula is C19H33IN4O4. The highest BCUT2D eigenvalue weighted by Gasteiger charge is 2.27. The largest absolute Gasteiger partial charge is 0.493 e. The van der Waals surface area contributed by atoms with Gasteiger partial charge in [0.1, 0.15) is 0 Å². The van der Waals surface area contributed by atoms with Crippen LogP contribution >= 0.6 is 24.0 Å². The molecule has 0 aliphatic heterocycles. The van der Waals surface area contributed by atoms with Gasteiger partial charge >= 0.3 is 0 Å². The third-order valence-corrected chi connectivity index (χ3v) is 3.86. The number of carbonyl (C=O) groups excluding carboxylic acids is 1. The topological polar surface area (TPSA) is 93.2 Å². The number of aliphatic imine (C=N–C) groups is 1. The number of nitrogens with zero attached hydrogens (tertiary/aromatic N) is 1. The van der Waals surface area contributed by atoms with Crippen LogP contribution in [0.5, 0.6) is 17.2 Å². The lowest BCUT2D eigenvalue weighted by molar-refractivity contribution is -0.128. The number of ether oxygens (including phenoxy) is 3.